The molecule has 1 heterocycles. The molecule has 0 bridgehead atoms. The highest BCUT2D eigenvalue weighted by Crippen LogP contribution is 2.50. The molecule has 0 amide bonds. The van der Waals surface area contributed by atoms with Crippen molar-refractivity contribution in [3.8, 4) is 39.1 Å². The highest BCUT2D eigenvalue weighted by molar-refractivity contribution is 6.16. The number of anilines is 3. The van der Waals surface area contributed by atoms with Gasteiger partial charge in [0.25, 0.3) is 0 Å². The van der Waals surface area contributed by atoms with Crippen molar-refractivity contribution in [1.29, 1.82) is 0 Å². The summed E-state index contributed by atoms with van der Waals surface area (Å²) in [6, 6.07) is 88.0. The lowest BCUT2D eigenvalue weighted by atomic mass is 9.80. The van der Waals surface area contributed by atoms with E-state index in [1.165, 1.54) is 120 Å². The van der Waals surface area contributed by atoms with Crippen LogP contribution in [0.2, 0.25) is 0 Å². The molecule has 13 rings (SSSR count). The Balaban J connectivity index is 1.08. The second-order valence-corrected chi connectivity index (χ2v) is 18.6. The van der Waals surface area contributed by atoms with E-state index in [9.17, 15) is 0 Å². The predicted octanol–water partition coefficient (Wildman–Crippen LogP) is 18.8. The zero-order valence-corrected chi connectivity index (χ0v) is 38.0. The van der Waals surface area contributed by atoms with E-state index in [1.54, 1.807) is 0 Å². The van der Waals surface area contributed by atoms with E-state index in [0.717, 1.165) is 28.3 Å². The van der Waals surface area contributed by atoms with E-state index >= 15 is 0 Å². The number of aromatic nitrogens is 1. The minimum Gasteiger partial charge on any atom is -0.309 e. The number of fused-ring (bicyclic) bond motifs is 7. The van der Waals surface area contributed by atoms with Crippen molar-refractivity contribution in [2.24, 2.45) is 0 Å². The maximum absolute atomic E-state index is 2.55. The van der Waals surface area contributed by atoms with Gasteiger partial charge in [-0.15, -0.1) is 0 Å². The minimum atomic E-state index is 0.559. The molecular formula is C66H50N2. The molecule has 12 aromatic rings. The quantitative estimate of drug-likeness (QED) is 0.138. The number of rotatable bonds is 8. The van der Waals surface area contributed by atoms with Gasteiger partial charge in [-0.25, -0.2) is 0 Å². The number of hydrogen-bond acceptors (Lipinski definition) is 1. The number of nitrogens with zero attached hydrogens (tertiary/aromatic N) is 2. The van der Waals surface area contributed by atoms with E-state index in [2.05, 4.69) is 246 Å². The van der Waals surface area contributed by atoms with Crippen LogP contribution in [0.15, 0.2) is 237 Å². The minimum absolute atomic E-state index is 0.559. The second-order valence-electron chi connectivity index (χ2n) is 18.6. The van der Waals surface area contributed by atoms with Gasteiger partial charge in [-0.2, -0.15) is 0 Å². The normalized spacial score (nSPS) is 13.2. The third-order valence-corrected chi connectivity index (χ3v) is 14.8. The molecule has 0 unspecified atom stereocenters. The lowest BCUT2D eigenvalue weighted by molar-refractivity contribution is 0.445. The third kappa shape index (κ3) is 6.70. The van der Waals surface area contributed by atoms with Crippen LogP contribution in [-0.4, -0.2) is 4.57 Å². The molecule has 0 spiro atoms. The molecule has 68 heavy (non-hydrogen) atoms. The van der Waals surface area contributed by atoms with Crippen LogP contribution in [0.25, 0.3) is 93.2 Å². The predicted molar refractivity (Wildman–Crippen MR) is 290 cm³/mol. The Kier molecular flexibility index (Phi) is 9.97. The fraction of sp³-hybridized carbons (Fsp3) is 0.0909. The van der Waals surface area contributed by atoms with Crippen molar-refractivity contribution < 1.29 is 0 Å². The van der Waals surface area contributed by atoms with E-state index < -0.39 is 0 Å². The molecule has 11 aromatic carbocycles. The van der Waals surface area contributed by atoms with Gasteiger partial charge in [0.2, 0.25) is 0 Å². The van der Waals surface area contributed by atoms with Gasteiger partial charge < -0.3 is 9.47 Å². The topological polar surface area (TPSA) is 8.17 Å². The number of benzene rings is 11. The molecule has 1 fully saturated rings. The smallest absolute Gasteiger partial charge is 0.0620 e. The van der Waals surface area contributed by atoms with Crippen molar-refractivity contribution in [3.05, 3.63) is 242 Å². The Hall–Kier alpha value is -8.20. The first-order valence-electron chi connectivity index (χ1n) is 24.4. The Bertz CT molecular complexity index is 3850. The number of hydrogen-bond donors (Lipinski definition) is 0. The molecule has 2 nitrogen and oxygen atoms in total. The Morgan fingerprint density at radius 3 is 1.78 bits per heavy atom. The first-order chi connectivity index (χ1) is 33.8. The van der Waals surface area contributed by atoms with Crippen molar-refractivity contribution in [1.82, 2.24) is 4.57 Å². The average Bonchev–Trinajstić information content (AvgIpc) is 3.76. The summed E-state index contributed by atoms with van der Waals surface area (Å²) in [4.78, 5) is 2.55. The summed E-state index contributed by atoms with van der Waals surface area (Å²) in [5.74, 6) is 0.559. The zero-order valence-electron chi connectivity index (χ0n) is 38.0. The summed E-state index contributed by atoms with van der Waals surface area (Å²) in [5.41, 5.74) is 15.6. The monoisotopic (exact) mass is 870 g/mol. The van der Waals surface area contributed by atoms with Crippen molar-refractivity contribution in [2.45, 2.75) is 38.0 Å². The van der Waals surface area contributed by atoms with Gasteiger partial charge in [-0.3, -0.25) is 0 Å². The Morgan fingerprint density at radius 2 is 0.956 bits per heavy atom. The first kappa shape index (κ1) is 40.1. The van der Waals surface area contributed by atoms with Crippen LogP contribution in [0.3, 0.4) is 0 Å². The van der Waals surface area contributed by atoms with Gasteiger partial charge >= 0.3 is 0 Å². The van der Waals surface area contributed by atoms with Crippen LogP contribution in [0.5, 0.6) is 0 Å². The fourth-order valence-electron chi connectivity index (χ4n) is 11.7. The van der Waals surface area contributed by atoms with E-state index in [-0.39, 0.29) is 0 Å². The number of para-hydroxylation sites is 5. The summed E-state index contributed by atoms with van der Waals surface area (Å²) in [6.07, 6.45) is 6.42. The van der Waals surface area contributed by atoms with Crippen LogP contribution >= 0.6 is 0 Å². The lowest BCUT2D eigenvalue weighted by Gasteiger charge is -2.31. The molecule has 0 radical (unpaired) electrons. The summed E-state index contributed by atoms with van der Waals surface area (Å²) in [5, 5.41) is 10.2. The standard InChI is InChI=1S/C66H50N2/c1-3-20-45(21-4-1)53-34-16-23-47-24-17-36-59(65(47)53)56-30-9-12-39-62(56)67(50-28-15-25-48(44-50)52-33-18-35-54-51-29-8-7-22-46(51)42-43-55(52)54)63-40-13-10-31-57(63)60-37-19-38-61-58-32-11-14-41-64(58)68(66(60)61)49-26-5-2-6-27-49/h2,5-19,22-45H,1,3-4,20-21H2. The van der Waals surface area contributed by atoms with Crippen molar-refractivity contribution in [3.63, 3.8) is 0 Å². The summed E-state index contributed by atoms with van der Waals surface area (Å²) < 4.78 is 2.46. The van der Waals surface area contributed by atoms with Crippen molar-refractivity contribution >= 4 is 71.2 Å². The molecule has 1 aliphatic rings. The van der Waals surface area contributed by atoms with Crippen molar-refractivity contribution in [2.75, 3.05) is 4.90 Å². The second kappa shape index (κ2) is 16.9. The largest absolute Gasteiger partial charge is 0.309 e. The molecule has 0 atom stereocenters. The van der Waals surface area contributed by atoms with Crippen LogP contribution in [0.1, 0.15) is 43.6 Å². The summed E-state index contributed by atoms with van der Waals surface area (Å²) in [7, 11) is 0. The van der Waals surface area contributed by atoms with Gasteiger partial charge in [0.05, 0.1) is 22.4 Å². The molecule has 1 saturated carbocycles. The first-order valence-corrected chi connectivity index (χ1v) is 24.4. The van der Waals surface area contributed by atoms with Crippen LogP contribution < -0.4 is 4.90 Å². The average molecular weight is 871 g/mol. The molecule has 1 aromatic heterocycles. The van der Waals surface area contributed by atoms with E-state index in [0.29, 0.717) is 5.92 Å². The highest BCUT2D eigenvalue weighted by atomic mass is 15.1. The lowest BCUT2D eigenvalue weighted by Crippen LogP contribution is -2.13. The molecule has 324 valence electrons. The van der Waals surface area contributed by atoms with Crippen LogP contribution in [-0.2, 0) is 0 Å². The zero-order chi connectivity index (χ0) is 45.0. The van der Waals surface area contributed by atoms with Gasteiger partial charge in [-0.1, -0.05) is 213 Å². The molecule has 0 saturated heterocycles. The molecular weight excluding hydrogens is 821 g/mol. The summed E-state index contributed by atoms with van der Waals surface area (Å²) in [6.45, 7) is 0. The van der Waals surface area contributed by atoms with Gasteiger partial charge in [0, 0.05) is 38.8 Å². The molecule has 0 aliphatic heterocycles. The maximum Gasteiger partial charge on any atom is 0.0620 e. The van der Waals surface area contributed by atoms with Gasteiger partial charge in [0.15, 0.2) is 0 Å². The van der Waals surface area contributed by atoms with E-state index in [4.69, 9.17) is 0 Å². The van der Waals surface area contributed by atoms with Crippen LogP contribution in [0.4, 0.5) is 17.1 Å². The van der Waals surface area contributed by atoms with E-state index in [1.807, 2.05) is 0 Å². The van der Waals surface area contributed by atoms with Gasteiger partial charge in [0.1, 0.15) is 0 Å². The fourth-order valence-corrected chi connectivity index (χ4v) is 11.7. The SMILES string of the molecule is c1ccc(-n2c3ccccc3c3cccc(-c4ccccc4N(c4cccc(-c5cccc6c5ccc5ccccc56)c4)c4ccccc4-c4cccc5cccc(C6CCCCC6)c45)c32)cc1. The highest BCUT2D eigenvalue weighted by Gasteiger charge is 2.26. The Labute approximate surface area is 398 Å². The Morgan fingerprint density at radius 1 is 0.368 bits per heavy atom. The van der Waals surface area contributed by atoms with Crippen LogP contribution in [0, 0.1) is 0 Å². The van der Waals surface area contributed by atoms with Gasteiger partial charge in [-0.05, 0) is 116 Å². The third-order valence-electron chi connectivity index (χ3n) is 14.8. The molecule has 1 aliphatic carbocycles. The molecule has 2 heteroatoms. The summed E-state index contributed by atoms with van der Waals surface area (Å²) >= 11 is 0. The molecule has 0 N–H and O–H groups in total. The maximum atomic E-state index is 2.55.